The van der Waals surface area contributed by atoms with Crippen LogP contribution in [0.5, 0.6) is 0 Å². The number of rotatable bonds is 2. The van der Waals surface area contributed by atoms with Gasteiger partial charge in [-0.15, -0.1) is 10.2 Å². The van der Waals surface area contributed by atoms with E-state index >= 15 is 0 Å². The second-order valence-corrected chi connectivity index (χ2v) is 4.81. The van der Waals surface area contributed by atoms with Crippen LogP contribution in [0.25, 0.3) is 16.7 Å². The highest BCUT2D eigenvalue weighted by Gasteiger charge is 2.18. The molecule has 0 spiro atoms. The molecule has 0 atom stereocenters. The van der Waals surface area contributed by atoms with Gasteiger partial charge in [0.1, 0.15) is 5.52 Å². The summed E-state index contributed by atoms with van der Waals surface area (Å²) in [6.45, 7) is 1.97. The molecule has 3 rings (SSSR count). The largest absolute Gasteiger partial charge is 0.300 e. The summed E-state index contributed by atoms with van der Waals surface area (Å²) in [5.74, 6) is 0. The van der Waals surface area contributed by atoms with Gasteiger partial charge in [0.15, 0.2) is 5.52 Å². The zero-order valence-electron chi connectivity index (χ0n) is 10.4. The maximum atomic E-state index is 11.0. The van der Waals surface area contributed by atoms with Crippen molar-refractivity contribution in [3.05, 3.63) is 57.1 Å². The average Bonchev–Trinajstić information content (AvgIpc) is 2.81. The molecule has 0 aliphatic heterocycles. The molecule has 0 aliphatic rings. The molecule has 6 nitrogen and oxygen atoms in total. The highest BCUT2D eigenvalue weighted by Crippen LogP contribution is 2.27. The van der Waals surface area contributed by atoms with Crippen LogP contribution in [0, 0.1) is 17.0 Å². The molecule has 2 aromatic carbocycles. The quantitative estimate of drug-likeness (QED) is 0.536. The molecule has 1 heterocycles. The number of nitro groups is 1. The van der Waals surface area contributed by atoms with Crippen molar-refractivity contribution in [2.45, 2.75) is 6.92 Å². The van der Waals surface area contributed by atoms with Gasteiger partial charge in [0.2, 0.25) is 0 Å². The Morgan fingerprint density at radius 3 is 2.55 bits per heavy atom. The van der Waals surface area contributed by atoms with E-state index in [0.717, 1.165) is 11.3 Å². The highest BCUT2D eigenvalue weighted by molar-refractivity contribution is 6.31. The van der Waals surface area contributed by atoms with Gasteiger partial charge in [-0.05, 0) is 25.1 Å². The Labute approximate surface area is 118 Å². The predicted molar refractivity (Wildman–Crippen MR) is 75.3 cm³/mol. The molecule has 100 valence electrons. The number of nitrogens with zero attached hydrogens (tertiary/aromatic N) is 4. The Balaban J connectivity index is 2.22. The molecule has 0 N–H and O–H groups in total. The van der Waals surface area contributed by atoms with Gasteiger partial charge in [-0.3, -0.25) is 10.1 Å². The molecule has 7 heteroatoms. The SMILES string of the molecule is Cc1ccc(-n2nc3cc(Cl)cc([N+](=O)[O-])c3n2)cc1. The fraction of sp³-hybridized carbons (Fsp3) is 0.0769. The number of benzene rings is 2. The third-order valence-corrected chi connectivity index (χ3v) is 3.11. The fourth-order valence-corrected chi connectivity index (χ4v) is 2.11. The number of halogens is 1. The van der Waals surface area contributed by atoms with Crippen molar-refractivity contribution in [2.24, 2.45) is 0 Å². The van der Waals surface area contributed by atoms with Crippen molar-refractivity contribution in [1.29, 1.82) is 0 Å². The second-order valence-electron chi connectivity index (χ2n) is 4.37. The topological polar surface area (TPSA) is 73.8 Å². The molecule has 0 aliphatic carbocycles. The lowest BCUT2D eigenvalue weighted by Crippen LogP contribution is -1.98. The smallest absolute Gasteiger partial charge is 0.258 e. The molecular weight excluding hydrogens is 280 g/mol. The third-order valence-electron chi connectivity index (χ3n) is 2.89. The number of fused-ring (bicyclic) bond motifs is 1. The van der Waals surface area contributed by atoms with E-state index in [4.69, 9.17) is 11.6 Å². The molecule has 0 saturated heterocycles. The van der Waals surface area contributed by atoms with E-state index in [1.807, 2.05) is 31.2 Å². The summed E-state index contributed by atoms with van der Waals surface area (Å²) in [5.41, 5.74) is 2.31. The first-order valence-electron chi connectivity index (χ1n) is 5.82. The van der Waals surface area contributed by atoms with Gasteiger partial charge in [-0.2, -0.15) is 4.80 Å². The Hall–Kier alpha value is -2.47. The second kappa shape index (κ2) is 4.57. The van der Waals surface area contributed by atoms with Crippen LogP contribution in [0.2, 0.25) is 5.02 Å². The maximum Gasteiger partial charge on any atom is 0.300 e. The summed E-state index contributed by atoms with van der Waals surface area (Å²) in [7, 11) is 0. The number of hydrogen-bond acceptors (Lipinski definition) is 4. The summed E-state index contributed by atoms with van der Waals surface area (Å²) in [6, 6.07) is 10.4. The number of aryl methyl sites for hydroxylation is 1. The molecule has 0 saturated carbocycles. The van der Waals surface area contributed by atoms with Crippen molar-refractivity contribution < 1.29 is 4.92 Å². The molecule has 0 unspecified atom stereocenters. The summed E-state index contributed by atoms with van der Waals surface area (Å²) < 4.78 is 0. The first-order chi connectivity index (χ1) is 9.54. The van der Waals surface area contributed by atoms with Gasteiger partial charge in [0.25, 0.3) is 0 Å². The molecule has 0 bridgehead atoms. The van der Waals surface area contributed by atoms with E-state index in [9.17, 15) is 10.1 Å². The van der Waals surface area contributed by atoms with Crippen molar-refractivity contribution in [3.63, 3.8) is 0 Å². The number of hydrogen-bond donors (Lipinski definition) is 0. The van der Waals surface area contributed by atoms with Gasteiger partial charge < -0.3 is 0 Å². The van der Waals surface area contributed by atoms with Crippen LogP contribution in [-0.4, -0.2) is 19.9 Å². The standard InChI is InChI=1S/C13H9ClN4O2/c1-8-2-4-10(5-3-8)17-15-11-6-9(14)7-12(18(19)20)13(11)16-17/h2-7H,1H3. The Morgan fingerprint density at radius 2 is 1.90 bits per heavy atom. The van der Waals surface area contributed by atoms with Crippen LogP contribution >= 0.6 is 11.6 Å². The van der Waals surface area contributed by atoms with Crippen LogP contribution < -0.4 is 0 Å². The van der Waals surface area contributed by atoms with E-state index in [0.29, 0.717) is 5.52 Å². The molecule has 3 aromatic rings. The number of aromatic nitrogens is 3. The monoisotopic (exact) mass is 288 g/mol. The van der Waals surface area contributed by atoms with Crippen LogP contribution in [0.15, 0.2) is 36.4 Å². The first kappa shape index (κ1) is 12.6. The summed E-state index contributed by atoms with van der Waals surface area (Å²) in [6.07, 6.45) is 0. The molecule has 20 heavy (non-hydrogen) atoms. The zero-order valence-corrected chi connectivity index (χ0v) is 11.2. The van der Waals surface area contributed by atoms with E-state index in [2.05, 4.69) is 10.2 Å². The first-order valence-corrected chi connectivity index (χ1v) is 6.20. The van der Waals surface area contributed by atoms with Gasteiger partial charge in [-0.1, -0.05) is 29.3 Å². The molecule has 0 amide bonds. The third kappa shape index (κ3) is 2.10. The molecule has 1 aromatic heterocycles. The van der Waals surface area contributed by atoms with Crippen LogP contribution in [0.1, 0.15) is 5.56 Å². The van der Waals surface area contributed by atoms with Crippen molar-refractivity contribution in [2.75, 3.05) is 0 Å². The van der Waals surface area contributed by atoms with Gasteiger partial charge in [0.05, 0.1) is 10.6 Å². The number of nitro benzene ring substituents is 1. The minimum Gasteiger partial charge on any atom is -0.258 e. The Kier molecular flexibility index (Phi) is 2.87. The zero-order chi connectivity index (χ0) is 14.3. The van der Waals surface area contributed by atoms with Crippen molar-refractivity contribution in [1.82, 2.24) is 15.0 Å². The van der Waals surface area contributed by atoms with E-state index in [1.54, 1.807) is 6.07 Å². The van der Waals surface area contributed by atoms with Gasteiger partial charge in [0, 0.05) is 11.1 Å². The molecule has 0 radical (unpaired) electrons. The van der Waals surface area contributed by atoms with E-state index in [1.165, 1.54) is 10.9 Å². The fourth-order valence-electron chi connectivity index (χ4n) is 1.90. The number of non-ortho nitro benzene ring substituents is 1. The lowest BCUT2D eigenvalue weighted by Gasteiger charge is -1.98. The van der Waals surface area contributed by atoms with Crippen molar-refractivity contribution >= 4 is 28.3 Å². The minimum atomic E-state index is -0.512. The lowest BCUT2D eigenvalue weighted by molar-refractivity contribution is -0.383. The summed E-state index contributed by atoms with van der Waals surface area (Å²) in [5, 5.41) is 19.7. The van der Waals surface area contributed by atoms with Crippen LogP contribution in [0.3, 0.4) is 0 Å². The highest BCUT2D eigenvalue weighted by atomic mass is 35.5. The molecular formula is C13H9ClN4O2. The van der Waals surface area contributed by atoms with Gasteiger partial charge >= 0.3 is 5.69 Å². The maximum absolute atomic E-state index is 11.0. The normalized spacial score (nSPS) is 10.9. The average molecular weight is 289 g/mol. The van der Waals surface area contributed by atoms with Gasteiger partial charge in [-0.25, -0.2) is 0 Å². The van der Waals surface area contributed by atoms with E-state index in [-0.39, 0.29) is 16.2 Å². The summed E-state index contributed by atoms with van der Waals surface area (Å²) in [4.78, 5) is 11.9. The Morgan fingerprint density at radius 1 is 1.20 bits per heavy atom. The Bertz CT molecular complexity index is 811. The molecule has 0 fully saturated rings. The van der Waals surface area contributed by atoms with Crippen LogP contribution in [-0.2, 0) is 0 Å². The summed E-state index contributed by atoms with van der Waals surface area (Å²) >= 11 is 5.86. The van der Waals surface area contributed by atoms with Crippen molar-refractivity contribution in [3.8, 4) is 5.69 Å². The minimum absolute atomic E-state index is 0.147. The van der Waals surface area contributed by atoms with E-state index < -0.39 is 4.92 Å². The lowest BCUT2D eigenvalue weighted by atomic mass is 10.2. The predicted octanol–water partition coefficient (Wildman–Crippen LogP) is 3.29. The van der Waals surface area contributed by atoms with Crippen LogP contribution in [0.4, 0.5) is 5.69 Å².